The SMILES string of the molecule is CCCCCCCCCCC(I)=CC(F)(F)F. The summed E-state index contributed by atoms with van der Waals surface area (Å²) in [5, 5.41) is 0. The third-order valence-corrected chi connectivity index (χ3v) is 3.44. The zero-order valence-corrected chi connectivity index (χ0v) is 12.6. The van der Waals surface area contributed by atoms with E-state index in [0.717, 1.165) is 19.3 Å². The van der Waals surface area contributed by atoms with Crippen molar-refractivity contribution in [2.45, 2.75) is 70.9 Å². The maximum Gasteiger partial charge on any atom is 0.410 e. The highest BCUT2D eigenvalue weighted by molar-refractivity contribution is 14.1. The van der Waals surface area contributed by atoms with Gasteiger partial charge in [-0.15, -0.1) is 0 Å². The molecule has 4 heteroatoms. The van der Waals surface area contributed by atoms with Gasteiger partial charge in [0.05, 0.1) is 0 Å². The van der Waals surface area contributed by atoms with Crippen molar-refractivity contribution in [1.82, 2.24) is 0 Å². The van der Waals surface area contributed by atoms with Crippen LogP contribution in [0.25, 0.3) is 0 Å². The molecule has 0 unspecified atom stereocenters. The summed E-state index contributed by atoms with van der Waals surface area (Å²) >= 11 is 1.79. The van der Waals surface area contributed by atoms with Crippen LogP contribution in [0.5, 0.6) is 0 Å². The van der Waals surface area contributed by atoms with Crippen LogP contribution >= 0.6 is 22.6 Å². The van der Waals surface area contributed by atoms with Gasteiger partial charge in [-0.3, -0.25) is 0 Å². The van der Waals surface area contributed by atoms with Crippen molar-refractivity contribution in [3.05, 3.63) is 9.66 Å². The van der Waals surface area contributed by atoms with Crippen LogP contribution < -0.4 is 0 Å². The number of unbranched alkanes of at least 4 members (excludes halogenated alkanes) is 7. The molecule has 0 fully saturated rings. The average molecular weight is 362 g/mol. The van der Waals surface area contributed by atoms with E-state index in [2.05, 4.69) is 6.92 Å². The van der Waals surface area contributed by atoms with Gasteiger partial charge in [0, 0.05) is 6.08 Å². The highest BCUT2D eigenvalue weighted by atomic mass is 127. The summed E-state index contributed by atoms with van der Waals surface area (Å²) < 4.78 is 36.3. The highest BCUT2D eigenvalue weighted by Gasteiger charge is 2.23. The predicted octanol–water partition coefficient (Wildman–Crippen LogP) is 6.40. The molecule has 0 aromatic carbocycles. The summed E-state index contributed by atoms with van der Waals surface area (Å²) in [7, 11) is 0. The Labute approximate surface area is 116 Å². The molecule has 0 amide bonds. The van der Waals surface area contributed by atoms with Gasteiger partial charge in [-0.05, 0) is 39.0 Å². The number of halogens is 4. The summed E-state index contributed by atoms with van der Waals surface area (Å²) in [6.07, 6.45) is 6.22. The number of hydrogen-bond acceptors (Lipinski definition) is 0. The van der Waals surface area contributed by atoms with Crippen LogP contribution in [-0.4, -0.2) is 6.18 Å². The van der Waals surface area contributed by atoms with Crippen LogP contribution in [0.3, 0.4) is 0 Å². The molecule has 0 rings (SSSR count). The molecule has 0 aliphatic carbocycles. The fourth-order valence-electron chi connectivity index (χ4n) is 1.68. The Bertz CT molecular complexity index is 209. The van der Waals surface area contributed by atoms with Gasteiger partial charge >= 0.3 is 6.18 Å². The minimum Gasteiger partial charge on any atom is -0.167 e. The zero-order chi connectivity index (χ0) is 13.1. The van der Waals surface area contributed by atoms with Crippen molar-refractivity contribution in [3.8, 4) is 0 Å². The number of rotatable bonds is 9. The molecular weight excluding hydrogens is 340 g/mol. The first-order valence-electron chi connectivity index (χ1n) is 6.39. The van der Waals surface area contributed by atoms with Gasteiger partial charge in [0.1, 0.15) is 0 Å². The van der Waals surface area contributed by atoms with E-state index in [4.69, 9.17) is 0 Å². The van der Waals surface area contributed by atoms with Crippen molar-refractivity contribution >= 4 is 22.6 Å². The molecule has 0 N–H and O–H groups in total. The number of alkyl halides is 3. The Hall–Kier alpha value is 0.260. The van der Waals surface area contributed by atoms with Crippen LogP contribution in [0.15, 0.2) is 9.66 Å². The molecule has 0 radical (unpaired) electrons. The van der Waals surface area contributed by atoms with Crippen LogP contribution in [0.4, 0.5) is 13.2 Å². The zero-order valence-electron chi connectivity index (χ0n) is 10.5. The lowest BCUT2D eigenvalue weighted by Gasteiger charge is -2.03. The minimum atomic E-state index is -4.16. The summed E-state index contributed by atoms with van der Waals surface area (Å²) in [6.45, 7) is 2.19. The minimum absolute atomic E-state index is 0.412. The first-order valence-corrected chi connectivity index (χ1v) is 7.47. The molecule has 0 aromatic rings. The lowest BCUT2D eigenvalue weighted by atomic mass is 10.1. The summed E-state index contributed by atoms with van der Waals surface area (Å²) in [5.74, 6) is 0. The number of hydrogen-bond donors (Lipinski definition) is 0. The van der Waals surface area contributed by atoms with E-state index in [1.165, 1.54) is 32.1 Å². The van der Waals surface area contributed by atoms with Crippen molar-refractivity contribution in [2.75, 3.05) is 0 Å². The van der Waals surface area contributed by atoms with Crippen molar-refractivity contribution in [1.29, 1.82) is 0 Å². The molecule has 17 heavy (non-hydrogen) atoms. The Morgan fingerprint density at radius 3 is 1.88 bits per heavy atom. The molecule has 0 bridgehead atoms. The summed E-state index contributed by atoms with van der Waals surface area (Å²) in [6, 6.07) is 0. The molecule has 102 valence electrons. The van der Waals surface area contributed by atoms with E-state index in [1.807, 2.05) is 0 Å². The second-order valence-electron chi connectivity index (χ2n) is 4.36. The van der Waals surface area contributed by atoms with Gasteiger partial charge in [0.15, 0.2) is 0 Å². The molecule has 0 aromatic heterocycles. The molecule has 0 nitrogen and oxygen atoms in total. The third-order valence-electron chi connectivity index (χ3n) is 2.59. The Morgan fingerprint density at radius 2 is 1.41 bits per heavy atom. The normalized spacial score (nSPS) is 13.1. The number of allylic oxidation sites excluding steroid dienone is 2. The van der Waals surface area contributed by atoms with Gasteiger partial charge in [-0.25, -0.2) is 0 Å². The van der Waals surface area contributed by atoms with Crippen LogP contribution in [0, 0.1) is 0 Å². The molecule has 0 saturated carbocycles. The molecule has 0 aliphatic heterocycles. The van der Waals surface area contributed by atoms with E-state index < -0.39 is 6.18 Å². The molecular formula is C13H22F3I. The van der Waals surface area contributed by atoms with Crippen molar-refractivity contribution < 1.29 is 13.2 Å². The third kappa shape index (κ3) is 14.2. The Balaban J connectivity index is 3.37. The van der Waals surface area contributed by atoms with Gasteiger partial charge in [-0.2, -0.15) is 13.2 Å². The van der Waals surface area contributed by atoms with Crippen LogP contribution in [0.2, 0.25) is 0 Å². The monoisotopic (exact) mass is 362 g/mol. The largest absolute Gasteiger partial charge is 0.410 e. The smallest absolute Gasteiger partial charge is 0.167 e. The first kappa shape index (κ1) is 17.3. The highest BCUT2D eigenvalue weighted by Crippen LogP contribution is 2.25. The van der Waals surface area contributed by atoms with E-state index in [9.17, 15) is 13.2 Å². The summed E-state index contributed by atoms with van der Waals surface area (Å²) in [5.41, 5.74) is 0. The molecule has 0 aliphatic rings. The Kier molecular flexibility index (Phi) is 10.4. The molecule has 0 heterocycles. The van der Waals surface area contributed by atoms with Crippen LogP contribution in [-0.2, 0) is 0 Å². The lowest BCUT2D eigenvalue weighted by molar-refractivity contribution is -0.0801. The van der Waals surface area contributed by atoms with E-state index in [0.29, 0.717) is 16.1 Å². The van der Waals surface area contributed by atoms with Gasteiger partial charge < -0.3 is 0 Å². The fraction of sp³-hybridized carbons (Fsp3) is 0.846. The van der Waals surface area contributed by atoms with Crippen molar-refractivity contribution in [2.24, 2.45) is 0 Å². The Morgan fingerprint density at radius 1 is 0.941 bits per heavy atom. The topological polar surface area (TPSA) is 0 Å². The predicted molar refractivity (Wildman–Crippen MR) is 75.4 cm³/mol. The van der Waals surface area contributed by atoms with Crippen LogP contribution in [0.1, 0.15) is 64.7 Å². The lowest BCUT2D eigenvalue weighted by Crippen LogP contribution is -2.01. The average Bonchev–Trinajstić information content (AvgIpc) is 2.19. The first-order chi connectivity index (χ1) is 7.95. The van der Waals surface area contributed by atoms with E-state index in [-0.39, 0.29) is 0 Å². The maximum absolute atomic E-state index is 12.0. The second kappa shape index (κ2) is 10.2. The fourth-order valence-corrected chi connectivity index (χ4v) is 2.41. The van der Waals surface area contributed by atoms with E-state index >= 15 is 0 Å². The second-order valence-corrected chi connectivity index (χ2v) is 5.74. The van der Waals surface area contributed by atoms with Gasteiger partial charge in [0.25, 0.3) is 0 Å². The van der Waals surface area contributed by atoms with Gasteiger partial charge in [-0.1, -0.05) is 51.9 Å². The summed E-state index contributed by atoms with van der Waals surface area (Å²) in [4.78, 5) is 0. The standard InChI is InChI=1S/C13H22F3I/c1-2-3-4-5-6-7-8-9-10-12(17)11-13(14,15)16/h11H,2-10H2,1H3. The molecule has 0 spiro atoms. The quantitative estimate of drug-likeness (QED) is 0.329. The molecule has 0 saturated heterocycles. The van der Waals surface area contributed by atoms with Gasteiger partial charge in [0.2, 0.25) is 0 Å². The van der Waals surface area contributed by atoms with Crippen molar-refractivity contribution in [3.63, 3.8) is 0 Å². The van der Waals surface area contributed by atoms with E-state index in [1.54, 1.807) is 22.6 Å². The maximum atomic E-state index is 12.0. The molecule has 0 atom stereocenters.